The number of carbonyl (C=O) groups excluding carboxylic acids is 1. The Morgan fingerprint density at radius 3 is 1.91 bits per heavy atom. The van der Waals surface area contributed by atoms with E-state index in [1.165, 1.54) is 0 Å². The molecule has 0 aliphatic heterocycles. The van der Waals surface area contributed by atoms with Crippen molar-refractivity contribution in [1.82, 2.24) is 10.2 Å². The summed E-state index contributed by atoms with van der Waals surface area (Å²) in [4.78, 5) is 14.2. The number of amides is 1. The summed E-state index contributed by atoms with van der Waals surface area (Å²) in [7, 11) is 0. The number of hydrogen-bond acceptors (Lipinski definition) is 3. The van der Waals surface area contributed by atoms with Crippen LogP contribution in [0.1, 0.15) is 69.2 Å². The van der Waals surface area contributed by atoms with Crippen molar-refractivity contribution < 1.29 is 9.53 Å². The molecule has 0 saturated heterocycles. The van der Waals surface area contributed by atoms with Gasteiger partial charge in [-0.25, -0.2) is 4.79 Å². The summed E-state index contributed by atoms with van der Waals surface area (Å²) in [6.45, 7) is 23.2. The van der Waals surface area contributed by atoms with Gasteiger partial charge in [-0.1, -0.05) is 27.7 Å². The van der Waals surface area contributed by atoms with Gasteiger partial charge in [0.25, 0.3) is 0 Å². The normalized spacial score (nSPS) is 13.4. The molecule has 0 fully saturated rings. The highest BCUT2D eigenvalue weighted by Crippen LogP contribution is 2.24. The van der Waals surface area contributed by atoms with Crippen LogP contribution in [0.3, 0.4) is 0 Å². The van der Waals surface area contributed by atoms with Crippen LogP contribution in [-0.2, 0) is 4.74 Å². The summed E-state index contributed by atoms with van der Waals surface area (Å²) in [6.07, 6.45) is -0.245. The number of ether oxygens (including phenoxy) is 1. The first-order valence-electron chi connectivity index (χ1n) is 8.38. The topological polar surface area (TPSA) is 41.6 Å². The first-order chi connectivity index (χ1) is 9.67. The van der Waals surface area contributed by atoms with Crippen molar-refractivity contribution in [3.8, 4) is 0 Å². The summed E-state index contributed by atoms with van der Waals surface area (Å²) in [5, 5.41) is 3.48. The highest BCUT2D eigenvalue weighted by atomic mass is 16.6. The lowest BCUT2D eigenvalue weighted by Crippen LogP contribution is -2.50. The molecular formula is C18H38N2O2. The second-order valence-corrected chi connectivity index (χ2v) is 9.12. The SMILES string of the molecule is CC(C)C(C)(C)CNCCN(C(=O)OC(C)(C)C)C(C)(C)C. The minimum atomic E-state index is -0.465. The van der Waals surface area contributed by atoms with Gasteiger partial charge in [0.1, 0.15) is 5.60 Å². The van der Waals surface area contributed by atoms with Crippen LogP contribution < -0.4 is 5.32 Å². The van der Waals surface area contributed by atoms with Gasteiger partial charge in [0, 0.05) is 25.2 Å². The summed E-state index contributed by atoms with van der Waals surface area (Å²) < 4.78 is 5.52. The Hall–Kier alpha value is -0.770. The molecule has 0 aliphatic rings. The van der Waals surface area contributed by atoms with Crippen molar-refractivity contribution in [2.45, 2.75) is 80.4 Å². The monoisotopic (exact) mass is 314 g/mol. The van der Waals surface area contributed by atoms with Gasteiger partial charge in [-0.05, 0) is 52.9 Å². The van der Waals surface area contributed by atoms with Gasteiger partial charge in [0.2, 0.25) is 0 Å². The van der Waals surface area contributed by atoms with E-state index in [9.17, 15) is 4.79 Å². The number of hydrogen-bond donors (Lipinski definition) is 1. The van der Waals surface area contributed by atoms with Gasteiger partial charge in [-0.2, -0.15) is 0 Å². The lowest BCUT2D eigenvalue weighted by molar-refractivity contribution is 0.00647. The molecule has 0 unspecified atom stereocenters. The van der Waals surface area contributed by atoms with Gasteiger partial charge in [0.05, 0.1) is 0 Å². The molecule has 0 radical (unpaired) electrons. The molecule has 0 bridgehead atoms. The average Bonchev–Trinajstić information content (AvgIpc) is 2.23. The Labute approximate surface area is 138 Å². The summed E-state index contributed by atoms with van der Waals surface area (Å²) in [5.41, 5.74) is -0.469. The van der Waals surface area contributed by atoms with E-state index in [1.54, 1.807) is 4.90 Å². The minimum absolute atomic E-state index is 0.245. The van der Waals surface area contributed by atoms with E-state index in [-0.39, 0.29) is 17.0 Å². The third kappa shape index (κ3) is 8.02. The van der Waals surface area contributed by atoms with Gasteiger partial charge < -0.3 is 15.0 Å². The van der Waals surface area contributed by atoms with Crippen molar-refractivity contribution in [3.05, 3.63) is 0 Å². The molecule has 0 heterocycles. The zero-order chi connectivity index (χ0) is 17.8. The van der Waals surface area contributed by atoms with Crippen LogP contribution in [0.4, 0.5) is 4.79 Å². The van der Waals surface area contributed by atoms with E-state index >= 15 is 0 Å². The van der Waals surface area contributed by atoms with Crippen LogP contribution in [0.2, 0.25) is 0 Å². The second-order valence-electron chi connectivity index (χ2n) is 9.12. The van der Waals surface area contributed by atoms with Crippen LogP contribution in [0.25, 0.3) is 0 Å². The largest absolute Gasteiger partial charge is 0.444 e. The molecule has 4 nitrogen and oxygen atoms in total. The van der Waals surface area contributed by atoms with Crippen LogP contribution in [-0.4, -0.2) is 41.8 Å². The van der Waals surface area contributed by atoms with Crippen molar-refractivity contribution in [2.75, 3.05) is 19.6 Å². The number of nitrogens with one attached hydrogen (secondary N) is 1. The van der Waals surface area contributed by atoms with Crippen molar-refractivity contribution in [1.29, 1.82) is 0 Å². The van der Waals surface area contributed by atoms with Gasteiger partial charge >= 0.3 is 6.09 Å². The highest BCUT2D eigenvalue weighted by Gasteiger charge is 2.30. The van der Waals surface area contributed by atoms with Crippen LogP contribution in [0.15, 0.2) is 0 Å². The number of nitrogens with zero attached hydrogens (tertiary/aromatic N) is 1. The molecule has 0 saturated carbocycles. The summed E-state index contributed by atoms with van der Waals surface area (Å²) >= 11 is 0. The second kappa shape index (κ2) is 7.67. The summed E-state index contributed by atoms with van der Waals surface area (Å²) in [5.74, 6) is 0.615. The quantitative estimate of drug-likeness (QED) is 0.743. The van der Waals surface area contributed by atoms with E-state index in [0.29, 0.717) is 12.5 Å². The van der Waals surface area contributed by atoms with E-state index in [1.807, 2.05) is 41.5 Å². The van der Waals surface area contributed by atoms with Crippen LogP contribution in [0, 0.1) is 11.3 Å². The van der Waals surface area contributed by atoms with Gasteiger partial charge in [0.15, 0.2) is 0 Å². The zero-order valence-electron chi connectivity index (χ0n) is 16.5. The third-order valence-corrected chi connectivity index (χ3v) is 4.08. The average molecular weight is 315 g/mol. The molecule has 0 aliphatic carbocycles. The number of carbonyl (C=O) groups is 1. The Morgan fingerprint density at radius 2 is 1.55 bits per heavy atom. The molecule has 0 aromatic heterocycles. The fourth-order valence-electron chi connectivity index (χ4n) is 1.82. The Bertz CT molecular complexity index is 349. The number of rotatable bonds is 6. The minimum Gasteiger partial charge on any atom is -0.444 e. The van der Waals surface area contributed by atoms with Crippen LogP contribution in [0.5, 0.6) is 0 Å². The maximum Gasteiger partial charge on any atom is 0.410 e. The van der Waals surface area contributed by atoms with Crippen molar-refractivity contribution in [2.24, 2.45) is 11.3 Å². The van der Waals surface area contributed by atoms with Crippen LogP contribution >= 0.6 is 0 Å². The van der Waals surface area contributed by atoms with Crippen molar-refractivity contribution >= 4 is 6.09 Å². The maximum absolute atomic E-state index is 12.4. The Balaban J connectivity index is 4.56. The molecule has 0 spiro atoms. The molecule has 22 heavy (non-hydrogen) atoms. The molecule has 0 aromatic rings. The molecule has 4 heteroatoms. The predicted molar refractivity (Wildman–Crippen MR) is 94.2 cm³/mol. The smallest absolute Gasteiger partial charge is 0.410 e. The first-order valence-corrected chi connectivity index (χ1v) is 8.38. The Kier molecular flexibility index (Phi) is 7.40. The standard InChI is InChI=1S/C18H38N2O2/c1-14(2)18(9,10)13-19-11-12-20(16(3,4)5)15(21)22-17(6,7)8/h14,19H,11-13H2,1-10H3. The molecule has 1 amide bonds. The van der Waals surface area contributed by atoms with E-state index < -0.39 is 5.60 Å². The molecule has 1 N–H and O–H groups in total. The fourth-order valence-corrected chi connectivity index (χ4v) is 1.82. The molecular weight excluding hydrogens is 276 g/mol. The lowest BCUT2D eigenvalue weighted by Gasteiger charge is -2.37. The molecule has 0 aromatic carbocycles. The molecule has 0 atom stereocenters. The summed E-state index contributed by atoms with van der Waals surface area (Å²) in [6, 6.07) is 0. The first kappa shape index (κ1) is 21.2. The van der Waals surface area contributed by atoms with E-state index in [2.05, 4.69) is 33.0 Å². The van der Waals surface area contributed by atoms with E-state index in [4.69, 9.17) is 4.74 Å². The molecule has 132 valence electrons. The van der Waals surface area contributed by atoms with Crippen molar-refractivity contribution in [3.63, 3.8) is 0 Å². The Morgan fingerprint density at radius 1 is 1.05 bits per heavy atom. The highest BCUT2D eigenvalue weighted by molar-refractivity contribution is 5.69. The van der Waals surface area contributed by atoms with Gasteiger partial charge in [-0.3, -0.25) is 0 Å². The zero-order valence-corrected chi connectivity index (χ0v) is 16.5. The fraction of sp³-hybridized carbons (Fsp3) is 0.944. The maximum atomic E-state index is 12.4. The van der Waals surface area contributed by atoms with E-state index in [0.717, 1.165) is 13.1 Å². The predicted octanol–water partition coefficient (Wildman–Crippen LogP) is 4.29. The third-order valence-electron chi connectivity index (χ3n) is 4.08. The van der Waals surface area contributed by atoms with Gasteiger partial charge in [-0.15, -0.1) is 0 Å². The molecule has 0 rings (SSSR count). The lowest BCUT2D eigenvalue weighted by atomic mass is 9.81.